The summed E-state index contributed by atoms with van der Waals surface area (Å²) in [5, 5.41) is 12.1. The molecule has 1 aliphatic heterocycles. The van der Waals surface area contributed by atoms with Crippen molar-refractivity contribution in [1.29, 1.82) is 0 Å². The largest absolute Gasteiger partial charge is 0.379 e. The molecule has 2 atom stereocenters. The van der Waals surface area contributed by atoms with Crippen LogP contribution in [0.1, 0.15) is 63.4 Å². The molecule has 0 spiro atoms. The topological polar surface area (TPSA) is 23.5 Å². The molecule has 26 heavy (non-hydrogen) atoms. The number of hydrogen-bond acceptors (Lipinski definition) is 2. The maximum absolute atomic E-state index is 12.1. The molecule has 1 heterocycles. The van der Waals surface area contributed by atoms with Crippen molar-refractivity contribution in [2.24, 2.45) is 0 Å². The Hall–Kier alpha value is -1.32. The van der Waals surface area contributed by atoms with Crippen LogP contribution in [0.5, 0.6) is 0 Å². The fraction of sp³-hybridized carbons (Fsp3) is 0.565. The Morgan fingerprint density at radius 3 is 2.50 bits per heavy atom. The van der Waals surface area contributed by atoms with Crippen LogP contribution in [-0.4, -0.2) is 29.9 Å². The van der Waals surface area contributed by atoms with Crippen LogP contribution in [0.3, 0.4) is 0 Å². The molecular formula is C23H31BNO. The van der Waals surface area contributed by atoms with E-state index >= 15 is 0 Å². The first-order chi connectivity index (χ1) is 12.8. The average molecular weight is 348 g/mol. The Kier molecular flexibility index (Phi) is 5.66. The highest BCUT2D eigenvalue weighted by molar-refractivity contribution is 6.34. The molecule has 137 valence electrons. The number of aliphatic hydroxyl groups is 1. The second-order valence-corrected chi connectivity index (χ2v) is 8.21. The molecule has 2 aliphatic carbocycles. The molecule has 1 saturated heterocycles. The van der Waals surface area contributed by atoms with Crippen LogP contribution in [0.25, 0.3) is 0 Å². The van der Waals surface area contributed by atoms with Crippen LogP contribution in [0.15, 0.2) is 54.1 Å². The van der Waals surface area contributed by atoms with Crippen molar-refractivity contribution in [2.75, 3.05) is 6.54 Å². The molecule has 1 N–H and O–H groups in total. The van der Waals surface area contributed by atoms with E-state index in [9.17, 15) is 5.11 Å². The van der Waals surface area contributed by atoms with Gasteiger partial charge in [-0.2, -0.15) is 0 Å². The van der Waals surface area contributed by atoms with Crippen LogP contribution >= 0.6 is 0 Å². The first-order valence-electron chi connectivity index (χ1n) is 10.5. The first-order valence-corrected chi connectivity index (χ1v) is 10.5. The summed E-state index contributed by atoms with van der Waals surface area (Å²) in [4.78, 5) is 2.49. The SMILES string of the molecule is OC(C1=CCCC=C1)(c1ccccc1)C1CCCN1[B]C1CCCCC1. The highest BCUT2D eigenvalue weighted by Gasteiger charge is 2.46. The Morgan fingerprint density at radius 1 is 0.962 bits per heavy atom. The highest BCUT2D eigenvalue weighted by atomic mass is 16.3. The zero-order chi connectivity index (χ0) is 17.8. The molecule has 1 aromatic rings. The van der Waals surface area contributed by atoms with Crippen LogP contribution in [0.4, 0.5) is 0 Å². The quantitative estimate of drug-likeness (QED) is 0.758. The van der Waals surface area contributed by atoms with E-state index in [2.05, 4.69) is 54.7 Å². The van der Waals surface area contributed by atoms with Gasteiger partial charge in [0.1, 0.15) is 5.60 Å². The third-order valence-electron chi connectivity index (χ3n) is 6.48. The van der Waals surface area contributed by atoms with Gasteiger partial charge in [-0.15, -0.1) is 0 Å². The van der Waals surface area contributed by atoms with E-state index in [0.29, 0.717) is 5.82 Å². The normalized spacial score (nSPS) is 27.1. The molecule has 1 radical (unpaired) electrons. The first kappa shape index (κ1) is 18.1. The second kappa shape index (κ2) is 8.14. The number of benzene rings is 1. The summed E-state index contributed by atoms with van der Waals surface area (Å²) in [6, 6.07) is 10.5. The average Bonchev–Trinajstić information content (AvgIpc) is 3.18. The lowest BCUT2D eigenvalue weighted by molar-refractivity contribution is 0.0181. The highest BCUT2D eigenvalue weighted by Crippen LogP contribution is 2.43. The maximum Gasteiger partial charge on any atom is 0.212 e. The Labute approximate surface area is 159 Å². The van der Waals surface area contributed by atoms with Crippen molar-refractivity contribution < 1.29 is 5.11 Å². The van der Waals surface area contributed by atoms with Gasteiger partial charge >= 0.3 is 0 Å². The van der Waals surface area contributed by atoms with Gasteiger partial charge < -0.3 is 9.92 Å². The van der Waals surface area contributed by atoms with E-state index in [1.165, 1.54) is 38.5 Å². The van der Waals surface area contributed by atoms with Crippen LogP contribution < -0.4 is 0 Å². The van der Waals surface area contributed by atoms with Crippen molar-refractivity contribution in [3.05, 3.63) is 59.7 Å². The molecule has 3 aliphatic rings. The number of rotatable bonds is 5. The van der Waals surface area contributed by atoms with E-state index in [1.807, 2.05) is 6.07 Å². The number of allylic oxidation sites excluding steroid dienone is 2. The van der Waals surface area contributed by atoms with E-state index in [4.69, 9.17) is 0 Å². The molecule has 2 unspecified atom stereocenters. The van der Waals surface area contributed by atoms with E-state index < -0.39 is 5.60 Å². The molecular weight excluding hydrogens is 317 g/mol. The summed E-state index contributed by atoms with van der Waals surface area (Å²) in [6.07, 6.45) is 17.7. The minimum absolute atomic E-state index is 0.140. The number of nitrogens with zero attached hydrogens (tertiary/aromatic N) is 1. The third kappa shape index (κ3) is 3.57. The van der Waals surface area contributed by atoms with Gasteiger partial charge in [-0.3, -0.25) is 0 Å². The molecule has 2 fully saturated rings. The number of hydrogen-bond donors (Lipinski definition) is 1. The fourth-order valence-electron chi connectivity index (χ4n) is 5.11. The lowest BCUT2D eigenvalue weighted by Gasteiger charge is -2.42. The van der Waals surface area contributed by atoms with Gasteiger partial charge in [-0.1, -0.05) is 86.5 Å². The van der Waals surface area contributed by atoms with Crippen molar-refractivity contribution in [2.45, 2.75) is 75.2 Å². The Morgan fingerprint density at radius 2 is 1.77 bits per heavy atom. The van der Waals surface area contributed by atoms with Crippen LogP contribution in [0, 0.1) is 0 Å². The predicted octanol–water partition coefficient (Wildman–Crippen LogP) is 4.99. The van der Waals surface area contributed by atoms with Crippen molar-refractivity contribution >= 4 is 7.41 Å². The Balaban J connectivity index is 1.64. The maximum atomic E-state index is 12.1. The van der Waals surface area contributed by atoms with Gasteiger partial charge in [-0.25, -0.2) is 0 Å². The van der Waals surface area contributed by atoms with Crippen molar-refractivity contribution in [3.8, 4) is 0 Å². The van der Waals surface area contributed by atoms with Gasteiger partial charge in [0.05, 0.1) is 0 Å². The molecule has 1 saturated carbocycles. The molecule has 0 aromatic heterocycles. The molecule has 1 aromatic carbocycles. The smallest absolute Gasteiger partial charge is 0.212 e. The van der Waals surface area contributed by atoms with Crippen LogP contribution in [-0.2, 0) is 5.60 Å². The standard InChI is InChI=1S/C23H31BNO/c26-23(19-11-4-1-5-12-19,20-13-6-2-7-14-20)22-17-10-18-25(22)24-21-15-8-3-9-16-21/h1,4-6,11-14,21-22,26H,2-3,7-10,15-18H2. The fourth-order valence-corrected chi connectivity index (χ4v) is 5.11. The molecule has 0 bridgehead atoms. The summed E-state index contributed by atoms with van der Waals surface area (Å²) in [6.45, 7) is 1.08. The lowest BCUT2D eigenvalue weighted by atomic mass is 9.64. The van der Waals surface area contributed by atoms with Gasteiger partial charge in [0.15, 0.2) is 0 Å². The molecule has 2 nitrogen and oxygen atoms in total. The zero-order valence-electron chi connectivity index (χ0n) is 15.8. The van der Waals surface area contributed by atoms with E-state index in [-0.39, 0.29) is 6.04 Å². The summed E-state index contributed by atoms with van der Waals surface area (Å²) in [5.41, 5.74) is 1.20. The minimum Gasteiger partial charge on any atom is -0.379 e. The molecule has 4 rings (SSSR count). The van der Waals surface area contributed by atoms with Gasteiger partial charge in [0, 0.05) is 6.04 Å². The molecule has 0 amide bonds. The van der Waals surface area contributed by atoms with Crippen LogP contribution in [0.2, 0.25) is 5.82 Å². The second-order valence-electron chi connectivity index (χ2n) is 8.21. The molecule has 3 heteroatoms. The third-order valence-corrected chi connectivity index (χ3v) is 6.48. The summed E-state index contributed by atoms with van der Waals surface area (Å²) in [5.74, 6) is 0.695. The summed E-state index contributed by atoms with van der Waals surface area (Å²) in [7, 11) is 2.48. The summed E-state index contributed by atoms with van der Waals surface area (Å²) >= 11 is 0. The van der Waals surface area contributed by atoms with Crippen molar-refractivity contribution in [3.63, 3.8) is 0 Å². The monoisotopic (exact) mass is 348 g/mol. The summed E-state index contributed by atoms with van der Waals surface area (Å²) < 4.78 is 0. The van der Waals surface area contributed by atoms with Gasteiger partial charge in [0.2, 0.25) is 7.41 Å². The lowest BCUT2D eigenvalue weighted by Crippen LogP contribution is -2.50. The van der Waals surface area contributed by atoms with Gasteiger partial charge in [-0.05, 0) is 43.4 Å². The predicted molar refractivity (Wildman–Crippen MR) is 109 cm³/mol. The Bertz CT molecular complexity index is 649. The van der Waals surface area contributed by atoms with E-state index in [0.717, 1.165) is 36.9 Å². The van der Waals surface area contributed by atoms with Gasteiger partial charge in [0.25, 0.3) is 0 Å². The zero-order valence-corrected chi connectivity index (χ0v) is 15.8. The van der Waals surface area contributed by atoms with E-state index in [1.54, 1.807) is 0 Å². The minimum atomic E-state index is -0.917. The van der Waals surface area contributed by atoms with Crippen molar-refractivity contribution in [1.82, 2.24) is 4.81 Å².